The lowest BCUT2D eigenvalue weighted by Crippen LogP contribution is -2.05. The van der Waals surface area contributed by atoms with E-state index in [0.29, 0.717) is 30.7 Å². The highest BCUT2D eigenvalue weighted by Gasteiger charge is 2.06. The first-order chi connectivity index (χ1) is 9.20. The van der Waals surface area contributed by atoms with Crippen LogP contribution < -0.4 is 15.2 Å². The molecule has 0 aliphatic carbocycles. The van der Waals surface area contributed by atoms with Gasteiger partial charge in [0.25, 0.3) is 0 Å². The Hall–Kier alpha value is -1.82. The number of rotatable bonds is 6. The van der Waals surface area contributed by atoms with Crippen molar-refractivity contribution in [2.45, 2.75) is 20.3 Å². The Balaban J connectivity index is 1.92. The molecular formula is C13H17N3O2S. The Bertz CT molecular complexity index is 542. The number of pyridine rings is 1. The summed E-state index contributed by atoms with van der Waals surface area (Å²) in [5.41, 5.74) is 9.18. The van der Waals surface area contributed by atoms with Gasteiger partial charge in [0.15, 0.2) is 0 Å². The second-order valence-corrected chi connectivity index (χ2v) is 4.88. The zero-order valence-electron chi connectivity index (χ0n) is 11.0. The van der Waals surface area contributed by atoms with Crippen molar-refractivity contribution in [1.29, 1.82) is 0 Å². The zero-order valence-corrected chi connectivity index (χ0v) is 11.9. The van der Waals surface area contributed by atoms with Gasteiger partial charge in [0, 0.05) is 17.4 Å². The van der Waals surface area contributed by atoms with Crippen LogP contribution in [0.15, 0.2) is 17.6 Å². The summed E-state index contributed by atoms with van der Waals surface area (Å²) in [6, 6.07) is 3.49. The summed E-state index contributed by atoms with van der Waals surface area (Å²) in [6.07, 6.45) is 0.826. The number of aromatic nitrogens is 2. The first-order valence-corrected chi connectivity index (χ1v) is 6.99. The van der Waals surface area contributed by atoms with Crippen LogP contribution in [0, 0.1) is 6.92 Å². The third kappa shape index (κ3) is 3.57. The van der Waals surface area contributed by atoms with Crippen LogP contribution >= 0.6 is 11.3 Å². The third-order valence-corrected chi connectivity index (χ3v) is 3.56. The van der Waals surface area contributed by atoms with E-state index in [4.69, 9.17) is 15.2 Å². The van der Waals surface area contributed by atoms with Gasteiger partial charge in [0.1, 0.15) is 0 Å². The van der Waals surface area contributed by atoms with Gasteiger partial charge < -0.3 is 15.2 Å². The fourth-order valence-corrected chi connectivity index (χ4v) is 2.34. The van der Waals surface area contributed by atoms with Gasteiger partial charge in [-0.25, -0.2) is 4.98 Å². The molecule has 0 saturated carbocycles. The Morgan fingerprint density at radius 1 is 1.32 bits per heavy atom. The number of hydrogen-bond donors (Lipinski definition) is 1. The average molecular weight is 279 g/mol. The number of thiazole rings is 1. The molecule has 0 bridgehead atoms. The molecule has 0 unspecified atom stereocenters. The minimum atomic E-state index is 0.425. The fourth-order valence-electron chi connectivity index (χ4n) is 1.58. The number of ether oxygens (including phenoxy) is 2. The van der Waals surface area contributed by atoms with Crippen molar-refractivity contribution < 1.29 is 9.47 Å². The van der Waals surface area contributed by atoms with Gasteiger partial charge in [-0.2, -0.15) is 4.98 Å². The lowest BCUT2D eigenvalue weighted by molar-refractivity contribution is 0.291. The molecule has 2 N–H and O–H groups in total. The standard InChI is InChI=1S/C13H17N3O2S/c1-3-17-13-10(14)4-5-12(16-13)18-7-6-11-9(2)15-8-19-11/h4-5,8H,3,6-7,14H2,1-2H3. The largest absolute Gasteiger partial charge is 0.477 e. The number of hydrogen-bond acceptors (Lipinski definition) is 6. The van der Waals surface area contributed by atoms with E-state index < -0.39 is 0 Å². The van der Waals surface area contributed by atoms with Gasteiger partial charge in [-0.3, -0.25) is 0 Å². The summed E-state index contributed by atoms with van der Waals surface area (Å²) in [5, 5.41) is 0. The molecule has 0 atom stereocenters. The fraction of sp³-hybridized carbons (Fsp3) is 0.385. The molecular weight excluding hydrogens is 262 g/mol. The molecule has 2 aromatic heterocycles. The van der Waals surface area contributed by atoms with Crippen LogP contribution in [0.5, 0.6) is 11.8 Å². The van der Waals surface area contributed by atoms with E-state index in [9.17, 15) is 0 Å². The monoisotopic (exact) mass is 279 g/mol. The molecule has 0 aliphatic rings. The summed E-state index contributed by atoms with van der Waals surface area (Å²) < 4.78 is 10.9. The maximum Gasteiger partial charge on any atom is 0.240 e. The van der Waals surface area contributed by atoms with Gasteiger partial charge in [-0.1, -0.05) is 0 Å². The van der Waals surface area contributed by atoms with Crippen LogP contribution in [0.3, 0.4) is 0 Å². The van der Waals surface area contributed by atoms with Crippen LogP contribution in [0.1, 0.15) is 17.5 Å². The van der Waals surface area contributed by atoms with E-state index in [1.54, 1.807) is 23.5 Å². The van der Waals surface area contributed by atoms with Crippen molar-refractivity contribution in [2.24, 2.45) is 0 Å². The molecule has 0 saturated heterocycles. The number of nitrogens with two attached hydrogens (primary N) is 1. The van der Waals surface area contributed by atoms with E-state index in [1.807, 2.05) is 19.4 Å². The Kier molecular flexibility index (Phi) is 4.57. The van der Waals surface area contributed by atoms with E-state index in [-0.39, 0.29) is 0 Å². The first-order valence-electron chi connectivity index (χ1n) is 6.11. The van der Waals surface area contributed by atoms with Gasteiger partial charge in [-0.05, 0) is 19.9 Å². The van der Waals surface area contributed by atoms with Crippen LogP contribution in [0.2, 0.25) is 0 Å². The van der Waals surface area contributed by atoms with Crippen LogP contribution in [-0.4, -0.2) is 23.2 Å². The topological polar surface area (TPSA) is 70.3 Å². The number of nitrogens with zero attached hydrogens (tertiary/aromatic N) is 2. The Morgan fingerprint density at radius 3 is 2.84 bits per heavy atom. The SMILES string of the molecule is CCOc1nc(OCCc2scnc2C)ccc1N. The Morgan fingerprint density at radius 2 is 2.16 bits per heavy atom. The molecule has 19 heavy (non-hydrogen) atoms. The highest BCUT2D eigenvalue weighted by atomic mass is 32.1. The predicted molar refractivity (Wildman–Crippen MR) is 75.9 cm³/mol. The van der Waals surface area contributed by atoms with Crippen molar-refractivity contribution in [3.63, 3.8) is 0 Å². The van der Waals surface area contributed by atoms with Gasteiger partial charge in [-0.15, -0.1) is 11.3 Å². The molecule has 2 heterocycles. The maximum atomic E-state index is 5.75. The summed E-state index contributed by atoms with van der Waals surface area (Å²) in [7, 11) is 0. The number of nitrogen functional groups attached to an aromatic ring is 1. The van der Waals surface area contributed by atoms with Crippen LogP contribution in [0.4, 0.5) is 5.69 Å². The lowest BCUT2D eigenvalue weighted by Gasteiger charge is -2.09. The molecule has 0 aromatic carbocycles. The minimum Gasteiger partial charge on any atom is -0.477 e. The van der Waals surface area contributed by atoms with Crippen molar-refractivity contribution in [3.05, 3.63) is 28.2 Å². The molecule has 0 aliphatic heterocycles. The predicted octanol–water partition coefficient (Wildman–Crippen LogP) is 2.45. The molecule has 6 heteroatoms. The Labute approximate surface area is 116 Å². The normalized spacial score (nSPS) is 10.4. The molecule has 2 aromatic rings. The van der Waals surface area contributed by atoms with Gasteiger partial charge in [0.2, 0.25) is 11.8 Å². The highest BCUT2D eigenvalue weighted by molar-refractivity contribution is 7.09. The second-order valence-electron chi connectivity index (χ2n) is 3.94. The van der Waals surface area contributed by atoms with E-state index in [1.165, 1.54) is 4.88 Å². The summed E-state index contributed by atoms with van der Waals surface area (Å²) in [5.74, 6) is 0.953. The van der Waals surface area contributed by atoms with E-state index in [0.717, 1.165) is 12.1 Å². The van der Waals surface area contributed by atoms with Crippen molar-refractivity contribution in [3.8, 4) is 11.8 Å². The second kappa shape index (κ2) is 6.38. The summed E-state index contributed by atoms with van der Waals surface area (Å²) in [4.78, 5) is 9.66. The molecule has 0 radical (unpaired) electrons. The van der Waals surface area contributed by atoms with Gasteiger partial charge >= 0.3 is 0 Å². The molecule has 0 amide bonds. The van der Waals surface area contributed by atoms with E-state index >= 15 is 0 Å². The van der Waals surface area contributed by atoms with Gasteiger partial charge in [0.05, 0.1) is 30.1 Å². The molecule has 102 valence electrons. The number of anilines is 1. The lowest BCUT2D eigenvalue weighted by atomic mass is 10.3. The third-order valence-electron chi connectivity index (χ3n) is 2.57. The first kappa shape index (κ1) is 13.6. The molecule has 5 nitrogen and oxygen atoms in total. The minimum absolute atomic E-state index is 0.425. The van der Waals surface area contributed by atoms with Crippen LogP contribution in [-0.2, 0) is 6.42 Å². The average Bonchev–Trinajstić information content (AvgIpc) is 2.79. The number of aryl methyl sites for hydroxylation is 1. The highest BCUT2D eigenvalue weighted by Crippen LogP contribution is 2.22. The quantitative estimate of drug-likeness (QED) is 0.879. The summed E-state index contributed by atoms with van der Waals surface area (Å²) in [6.45, 7) is 4.98. The zero-order chi connectivity index (χ0) is 13.7. The maximum absolute atomic E-state index is 5.75. The van der Waals surface area contributed by atoms with Crippen molar-refractivity contribution in [1.82, 2.24) is 9.97 Å². The van der Waals surface area contributed by atoms with Crippen LogP contribution in [0.25, 0.3) is 0 Å². The van der Waals surface area contributed by atoms with Crippen molar-refractivity contribution >= 4 is 17.0 Å². The summed E-state index contributed by atoms with van der Waals surface area (Å²) >= 11 is 1.64. The smallest absolute Gasteiger partial charge is 0.240 e. The molecule has 0 fully saturated rings. The van der Waals surface area contributed by atoms with Crippen molar-refractivity contribution in [2.75, 3.05) is 18.9 Å². The molecule has 0 spiro atoms. The molecule has 2 rings (SSSR count). The van der Waals surface area contributed by atoms with E-state index in [2.05, 4.69) is 9.97 Å².